The van der Waals surface area contributed by atoms with Crippen LogP contribution in [0.4, 0.5) is 0 Å². The average molecular weight is 392 g/mol. The lowest BCUT2D eigenvalue weighted by Gasteiger charge is -2.36. The molecule has 27 heavy (non-hydrogen) atoms. The Balaban J connectivity index is 1.28. The maximum atomic E-state index is 12.5. The van der Waals surface area contributed by atoms with Gasteiger partial charge in [-0.1, -0.05) is 0 Å². The zero-order valence-corrected chi connectivity index (χ0v) is 16.9. The molecule has 2 saturated heterocycles. The minimum absolute atomic E-state index is 0.174. The summed E-state index contributed by atoms with van der Waals surface area (Å²) in [4.78, 5) is 31.0. The summed E-state index contributed by atoms with van der Waals surface area (Å²) in [7, 11) is 0. The molecule has 1 saturated carbocycles. The van der Waals surface area contributed by atoms with Crippen molar-refractivity contribution < 1.29 is 14.3 Å². The number of amides is 2. The van der Waals surface area contributed by atoms with Gasteiger partial charge >= 0.3 is 0 Å². The van der Waals surface area contributed by atoms with Gasteiger partial charge in [-0.05, 0) is 60.2 Å². The molecule has 1 aliphatic carbocycles. The van der Waals surface area contributed by atoms with E-state index < -0.39 is 0 Å². The first-order chi connectivity index (χ1) is 13.1. The second kappa shape index (κ2) is 7.89. The lowest BCUT2D eigenvalue weighted by molar-refractivity contribution is -0.136. The van der Waals surface area contributed by atoms with E-state index in [4.69, 9.17) is 4.74 Å². The Bertz CT molecular complexity index is 664. The highest BCUT2D eigenvalue weighted by molar-refractivity contribution is 7.07. The molecule has 1 spiro atoms. The predicted molar refractivity (Wildman–Crippen MR) is 104 cm³/mol. The van der Waals surface area contributed by atoms with E-state index in [0.29, 0.717) is 25.8 Å². The van der Waals surface area contributed by atoms with Crippen LogP contribution in [0.3, 0.4) is 0 Å². The number of ether oxygens (including phenoxy) is 1. The maximum Gasteiger partial charge on any atom is 0.236 e. The molecular weight excluding hydrogens is 362 g/mol. The number of likely N-dealkylation sites (tertiary alicyclic amines) is 1. The van der Waals surface area contributed by atoms with Crippen LogP contribution >= 0.6 is 11.3 Å². The predicted octanol–water partition coefficient (Wildman–Crippen LogP) is 1.81. The van der Waals surface area contributed by atoms with Gasteiger partial charge in [-0.3, -0.25) is 14.5 Å². The van der Waals surface area contributed by atoms with E-state index in [1.54, 1.807) is 18.3 Å². The monoisotopic (exact) mass is 391 g/mol. The number of hydrogen-bond acceptors (Lipinski definition) is 5. The first kappa shape index (κ1) is 18.9. The minimum atomic E-state index is 0.174. The second-order valence-electron chi connectivity index (χ2n) is 8.13. The lowest BCUT2D eigenvalue weighted by Crippen LogP contribution is -2.48. The van der Waals surface area contributed by atoms with Crippen LogP contribution in [0.1, 0.15) is 31.7 Å². The van der Waals surface area contributed by atoms with Gasteiger partial charge in [0.05, 0.1) is 19.8 Å². The first-order valence-electron chi connectivity index (χ1n) is 9.94. The van der Waals surface area contributed by atoms with Crippen molar-refractivity contribution >= 4 is 23.2 Å². The fourth-order valence-corrected chi connectivity index (χ4v) is 5.24. The Hall–Kier alpha value is -1.44. The quantitative estimate of drug-likeness (QED) is 0.768. The van der Waals surface area contributed by atoms with Gasteiger partial charge in [0.2, 0.25) is 11.8 Å². The highest BCUT2D eigenvalue weighted by Crippen LogP contribution is 2.57. The number of thiophene rings is 1. The van der Waals surface area contributed by atoms with Crippen LogP contribution in [0.25, 0.3) is 0 Å². The van der Waals surface area contributed by atoms with Crippen molar-refractivity contribution in [1.29, 1.82) is 0 Å². The average Bonchev–Trinajstić information content (AvgIpc) is 3.11. The van der Waals surface area contributed by atoms with Crippen LogP contribution in [0.15, 0.2) is 16.8 Å². The molecule has 3 fully saturated rings. The van der Waals surface area contributed by atoms with Gasteiger partial charge in [0.1, 0.15) is 0 Å². The molecule has 0 aromatic carbocycles. The molecule has 7 heteroatoms. The van der Waals surface area contributed by atoms with E-state index >= 15 is 0 Å². The zero-order chi connectivity index (χ0) is 18.9. The molecule has 0 bridgehead atoms. The molecule has 1 aromatic rings. The Morgan fingerprint density at radius 2 is 2.00 bits per heavy atom. The van der Waals surface area contributed by atoms with E-state index in [1.165, 1.54) is 5.56 Å². The van der Waals surface area contributed by atoms with E-state index in [1.807, 2.05) is 4.90 Å². The highest BCUT2D eigenvalue weighted by Gasteiger charge is 2.58. The van der Waals surface area contributed by atoms with Crippen molar-refractivity contribution in [2.45, 2.75) is 38.8 Å². The number of morpholine rings is 1. The van der Waals surface area contributed by atoms with E-state index in [2.05, 4.69) is 26.6 Å². The number of rotatable bonds is 5. The normalized spacial score (nSPS) is 24.8. The topological polar surface area (TPSA) is 53.1 Å². The van der Waals surface area contributed by atoms with E-state index in [0.717, 1.165) is 52.0 Å². The first-order valence-corrected chi connectivity index (χ1v) is 10.9. The molecule has 6 nitrogen and oxygen atoms in total. The van der Waals surface area contributed by atoms with Gasteiger partial charge in [0, 0.05) is 32.6 Å². The van der Waals surface area contributed by atoms with Crippen molar-refractivity contribution in [1.82, 2.24) is 14.7 Å². The third kappa shape index (κ3) is 4.20. The molecule has 148 valence electrons. The molecule has 4 rings (SSSR count). The molecule has 2 aliphatic heterocycles. The molecule has 3 heterocycles. The smallest absolute Gasteiger partial charge is 0.236 e. The molecule has 1 aromatic heterocycles. The lowest BCUT2D eigenvalue weighted by atomic mass is 9.92. The van der Waals surface area contributed by atoms with Crippen LogP contribution in [0.2, 0.25) is 0 Å². The molecule has 2 amide bonds. The standard InChI is InChI=1S/C20H29N3O3S/c1-16(24)23(13-17-2-11-27-15-17)18-12-20(18)3-5-21(6-4-20)14-19(25)22-7-9-26-10-8-22/h2,11,15,18H,3-10,12-14H2,1H3/t18-/m1/s1. The Morgan fingerprint density at radius 1 is 1.26 bits per heavy atom. The van der Waals surface area contributed by atoms with Crippen molar-refractivity contribution in [3.63, 3.8) is 0 Å². The van der Waals surface area contributed by atoms with Gasteiger partial charge < -0.3 is 14.5 Å². The molecule has 0 unspecified atom stereocenters. The summed E-state index contributed by atoms with van der Waals surface area (Å²) in [5.74, 6) is 0.400. The fourth-order valence-electron chi connectivity index (χ4n) is 4.59. The molecule has 3 aliphatic rings. The summed E-state index contributed by atoms with van der Waals surface area (Å²) in [6.07, 6.45) is 3.28. The molecule has 0 radical (unpaired) electrons. The number of carbonyl (C=O) groups is 2. The Kier molecular flexibility index (Phi) is 5.53. The minimum Gasteiger partial charge on any atom is -0.378 e. The SMILES string of the molecule is CC(=O)N(Cc1ccsc1)[C@@H]1CC12CCN(CC(=O)N1CCOCC1)CC2. The van der Waals surface area contributed by atoms with Crippen LogP contribution in [0.5, 0.6) is 0 Å². The zero-order valence-electron chi connectivity index (χ0n) is 16.1. The molecule has 0 N–H and O–H groups in total. The van der Waals surface area contributed by atoms with Gasteiger partial charge in [0.15, 0.2) is 0 Å². The van der Waals surface area contributed by atoms with Gasteiger partial charge in [-0.2, -0.15) is 11.3 Å². The van der Waals surface area contributed by atoms with Crippen molar-refractivity contribution in [2.24, 2.45) is 5.41 Å². The number of hydrogen-bond donors (Lipinski definition) is 0. The summed E-state index contributed by atoms with van der Waals surface area (Å²) in [5, 5.41) is 4.20. The van der Waals surface area contributed by atoms with Crippen LogP contribution in [0, 0.1) is 5.41 Å². The summed E-state index contributed by atoms with van der Waals surface area (Å²) in [6.45, 7) is 7.59. The summed E-state index contributed by atoms with van der Waals surface area (Å²) in [6, 6.07) is 2.47. The largest absolute Gasteiger partial charge is 0.378 e. The maximum absolute atomic E-state index is 12.5. The third-order valence-corrected chi connectivity index (χ3v) is 7.17. The number of nitrogens with zero attached hydrogens (tertiary/aromatic N) is 3. The Morgan fingerprint density at radius 3 is 2.63 bits per heavy atom. The number of piperidine rings is 1. The van der Waals surface area contributed by atoms with Crippen molar-refractivity contribution in [3.05, 3.63) is 22.4 Å². The van der Waals surface area contributed by atoms with Crippen molar-refractivity contribution in [2.75, 3.05) is 45.9 Å². The van der Waals surface area contributed by atoms with Crippen LogP contribution in [-0.4, -0.2) is 78.5 Å². The fraction of sp³-hybridized carbons (Fsp3) is 0.700. The summed E-state index contributed by atoms with van der Waals surface area (Å²) >= 11 is 1.68. The van der Waals surface area contributed by atoms with Gasteiger partial charge in [-0.15, -0.1) is 0 Å². The Labute approximate surface area is 165 Å². The third-order valence-electron chi connectivity index (χ3n) is 6.43. The van der Waals surface area contributed by atoms with Gasteiger partial charge in [-0.25, -0.2) is 0 Å². The van der Waals surface area contributed by atoms with E-state index in [-0.39, 0.29) is 17.2 Å². The van der Waals surface area contributed by atoms with Gasteiger partial charge in [0.25, 0.3) is 0 Å². The second-order valence-corrected chi connectivity index (χ2v) is 8.91. The molecule has 1 atom stereocenters. The molecular formula is C20H29N3O3S. The number of carbonyl (C=O) groups excluding carboxylic acids is 2. The highest BCUT2D eigenvalue weighted by atomic mass is 32.1. The summed E-state index contributed by atoms with van der Waals surface area (Å²) in [5.41, 5.74) is 1.51. The van der Waals surface area contributed by atoms with E-state index in [9.17, 15) is 9.59 Å². The van der Waals surface area contributed by atoms with Crippen LogP contribution < -0.4 is 0 Å². The van der Waals surface area contributed by atoms with Crippen LogP contribution in [-0.2, 0) is 20.9 Å². The van der Waals surface area contributed by atoms with Crippen molar-refractivity contribution in [3.8, 4) is 0 Å². The summed E-state index contributed by atoms with van der Waals surface area (Å²) < 4.78 is 5.33.